The van der Waals surface area contributed by atoms with Crippen molar-refractivity contribution in [3.8, 4) is 0 Å². The lowest BCUT2D eigenvalue weighted by Gasteiger charge is -2.00. The number of benzene rings is 1. The molecule has 74 valence electrons. The molecule has 0 amide bonds. The Hall–Kier alpha value is -1.16. The van der Waals surface area contributed by atoms with Gasteiger partial charge in [-0.3, -0.25) is 5.10 Å². The van der Waals surface area contributed by atoms with Crippen LogP contribution in [0.2, 0.25) is 5.02 Å². The number of aryl methyl sites for hydroxylation is 1. The van der Waals surface area contributed by atoms with E-state index >= 15 is 0 Å². The molecule has 5 heteroatoms. The van der Waals surface area contributed by atoms with Crippen molar-refractivity contribution in [3.63, 3.8) is 0 Å². The molecule has 0 aliphatic rings. The maximum Gasteiger partial charge on any atom is 0.280 e. The number of hydrogen-bond donors (Lipinski definition) is 1. The van der Waals surface area contributed by atoms with Crippen molar-refractivity contribution < 1.29 is 8.78 Å². The van der Waals surface area contributed by atoms with E-state index in [0.717, 1.165) is 5.56 Å². The van der Waals surface area contributed by atoms with Gasteiger partial charge in [-0.1, -0.05) is 17.7 Å². The maximum atomic E-state index is 12.5. The molecule has 2 rings (SSSR count). The van der Waals surface area contributed by atoms with Gasteiger partial charge in [0.15, 0.2) is 0 Å². The Morgan fingerprint density at radius 1 is 1.43 bits per heavy atom. The van der Waals surface area contributed by atoms with Gasteiger partial charge in [-0.25, -0.2) is 8.78 Å². The maximum absolute atomic E-state index is 12.5. The van der Waals surface area contributed by atoms with Crippen LogP contribution in [0.25, 0.3) is 10.9 Å². The normalized spacial score (nSPS) is 11.5. The summed E-state index contributed by atoms with van der Waals surface area (Å²) in [4.78, 5) is 0. The fourth-order valence-electron chi connectivity index (χ4n) is 1.35. The Bertz CT molecular complexity index is 479. The molecule has 0 bridgehead atoms. The molecule has 0 spiro atoms. The highest BCUT2D eigenvalue weighted by molar-refractivity contribution is 6.36. The van der Waals surface area contributed by atoms with E-state index < -0.39 is 6.43 Å². The average Bonchev–Trinajstić information content (AvgIpc) is 2.55. The summed E-state index contributed by atoms with van der Waals surface area (Å²) >= 11 is 5.92. The molecule has 2 nitrogen and oxygen atoms in total. The zero-order valence-corrected chi connectivity index (χ0v) is 8.07. The lowest BCUT2D eigenvalue weighted by Crippen LogP contribution is -1.86. The van der Waals surface area contributed by atoms with E-state index in [1.54, 1.807) is 19.1 Å². The molecule has 1 heterocycles. The minimum absolute atomic E-state index is 0.214. The highest BCUT2D eigenvalue weighted by atomic mass is 35.5. The van der Waals surface area contributed by atoms with E-state index in [0.29, 0.717) is 15.9 Å². The second kappa shape index (κ2) is 3.20. The summed E-state index contributed by atoms with van der Waals surface area (Å²) in [5.41, 5.74) is 1.02. The molecule has 0 unspecified atom stereocenters. The SMILES string of the molecule is Cc1ccc2n[nH]c(C(F)F)c2c1Cl. The Morgan fingerprint density at radius 3 is 2.79 bits per heavy atom. The number of aromatic nitrogens is 2. The van der Waals surface area contributed by atoms with Crippen LogP contribution < -0.4 is 0 Å². The smallest absolute Gasteiger partial charge is 0.275 e. The number of fused-ring (bicyclic) bond motifs is 1. The number of aromatic amines is 1. The first-order valence-electron chi connectivity index (χ1n) is 4.02. The number of nitrogens with one attached hydrogen (secondary N) is 1. The molecule has 0 atom stereocenters. The number of rotatable bonds is 1. The second-order valence-corrected chi connectivity index (χ2v) is 3.41. The van der Waals surface area contributed by atoms with Crippen LogP contribution in [0, 0.1) is 6.92 Å². The van der Waals surface area contributed by atoms with E-state index in [1.807, 2.05) is 0 Å². The van der Waals surface area contributed by atoms with Gasteiger partial charge < -0.3 is 0 Å². The Kier molecular flexibility index (Phi) is 2.15. The molecular formula is C9H7ClF2N2. The molecule has 1 aromatic heterocycles. The van der Waals surface area contributed by atoms with Crippen molar-refractivity contribution in [2.24, 2.45) is 0 Å². The Morgan fingerprint density at radius 2 is 2.14 bits per heavy atom. The van der Waals surface area contributed by atoms with Crippen molar-refractivity contribution in [2.75, 3.05) is 0 Å². The first kappa shape index (κ1) is 9.40. The third-order valence-corrected chi connectivity index (χ3v) is 2.58. The highest BCUT2D eigenvalue weighted by Crippen LogP contribution is 2.32. The van der Waals surface area contributed by atoms with Gasteiger partial charge in [0.1, 0.15) is 5.69 Å². The first-order chi connectivity index (χ1) is 6.61. The Balaban J connectivity index is 2.82. The van der Waals surface area contributed by atoms with E-state index in [9.17, 15) is 8.78 Å². The van der Waals surface area contributed by atoms with E-state index in [1.165, 1.54) is 0 Å². The first-order valence-corrected chi connectivity index (χ1v) is 4.40. The van der Waals surface area contributed by atoms with E-state index in [-0.39, 0.29) is 5.69 Å². The van der Waals surface area contributed by atoms with Gasteiger partial charge >= 0.3 is 0 Å². The van der Waals surface area contributed by atoms with Crippen LogP contribution in [0.1, 0.15) is 17.7 Å². The number of H-pyrrole nitrogens is 1. The van der Waals surface area contributed by atoms with Crippen molar-refractivity contribution in [1.29, 1.82) is 0 Å². The topological polar surface area (TPSA) is 28.7 Å². The number of halogens is 3. The van der Waals surface area contributed by atoms with Crippen molar-refractivity contribution in [2.45, 2.75) is 13.3 Å². The van der Waals surface area contributed by atoms with Crippen LogP contribution in [0.15, 0.2) is 12.1 Å². The molecule has 0 saturated heterocycles. The summed E-state index contributed by atoms with van der Waals surface area (Å²) in [5.74, 6) is 0. The van der Waals surface area contributed by atoms with Crippen molar-refractivity contribution >= 4 is 22.5 Å². The molecule has 2 aromatic rings. The van der Waals surface area contributed by atoms with Crippen LogP contribution in [-0.2, 0) is 0 Å². The number of alkyl halides is 2. The molecule has 14 heavy (non-hydrogen) atoms. The zero-order valence-electron chi connectivity index (χ0n) is 7.31. The molecule has 0 aliphatic carbocycles. The van der Waals surface area contributed by atoms with Crippen molar-refractivity contribution in [1.82, 2.24) is 10.2 Å². The van der Waals surface area contributed by atoms with Crippen LogP contribution in [0.5, 0.6) is 0 Å². The van der Waals surface area contributed by atoms with Crippen LogP contribution in [-0.4, -0.2) is 10.2 Å². The fourth-order valence-corrected chi connectivity index (χ4v) is 1.62. The standard InChI is InChI=1S/C9H7ClF2N2/c1-4-2-3-5-6(7(4)10)8(9(11)12)14-13-5/h2-3,9H,1H3,(H,13,14). The highest BCUT2D eigenvalue weighted by Gasteiger charge is 2.17. The van der Waals surface area contributed by atoms with E-state index in [2.05, 4.69) is 10.2 Å². The quantitative estimate of drug-likeness (QED) is 0.777. The predicted octanol–water partition coefficient (Wildman–Crippen LogP) is 3.46. The minimum atomic E-state index is -2.58. The van der Waals surface area contributed by atoms with Gasteiger partial charge in [0, 0.05) is 5.39 Å². The van der Waals surface area contributed by atoms with Gasteiger partial charge in [0.05, 0.1) is 10.5 Å². The summed E-state index contributed by atoms with van der Waals surface area (Å²) in [7, 11) is 0. The molecule has 0 aliphatic heterocycles. The summed E-state index contributed by atoms with van der Waals surface area (Å²) in [6, 6.07) is 3.42. The second-order valence-electron chi connectivity index (χ2n) is 3.03. The summed E-state index contributed by atoms with van der Waals surface area (Å²) < 4.78 is 25.0. The molecule has 1 aromatic carbocycles. The third kappa shape index (κ3) is 1.26. The lowest BCUT2D eigenvalue weighted by molar-refractivity contribution is 0.147. The number of hydrogen-bond acceptors (Lipinski definition) is 1. The predicted molar refractivity (Wildman–Crippen MR) is 50.8 cm³/mol. The Labute approximate surface area is 83.9 Å². The largest absolute Gasteiger partial charge is 0.280 e. The minimum Gasteiger partial charge on any atom is -0.275 e. The van der Waals surface area contributed by atoms with Crippen LogP contribution in [0.3, 0.4) is 0 Å². The van der Waals surface area contributed by atoms with Gasteiger partial charge in [0.25, 0.3) is 6.43 Å². The molecule has 0 radical (unpaired) electrons. The third-order valence-electron chi connectivity index (χ3n) is 2.10. The monoisotopic (exact) mass is 216 g/mol. The summed E-state index contributed by atoms with van der Waals surface area (Å²) in [6.45, 7) is 1.77. The average molecular weight is 217 g/mol. The van der Waals surface area contributed by atoms with Crippen molar-refractivity contribution in [3.05, 3.63) is 28.4 Å². The van der Waals surface area contributed by atoms with Gasteiger partial charge in [-0.15, -0.1) is 0 Å². The van der Waals surface area contributed by atoms with Gasteiger partial charge in [-0.2, -0.15) is 5.10 Å². The fraction of sp³-hybridized carbons (Fsp3) is 0.222. The zero-order chi connectivity index (χ0) is 10.3. The number of nitrogens with zero attached hydrogens (tertiary/aromatic N) is 1. The lowest BCUT2D eigenvalue weighted by atomic mass is 10.1. The van der Waals surface area contributed by atoms with Gasteiger partial charge in [0.2, 0.25) is 0 Å². The molecule has 1 N–H and O–H groups in total. The molecular weight excluding hydrogens is 210 g/mol. The summed E-state index contributed by atoms with van der Waals surface area (Å²) in [6.07, 6.45) is -2.58. The van der Waals surface area contributed by atoms with Gasteiger partial charge in [-0.05, 0) is 18.6 Å². The van der Waals surface area contributed by atoms with E-state index in [4.69, 9.17) is 11.6 Å². The summed E-state index contributed by atoms with van der Waals surface area (Å²) in [5, 5.41) is 6.71. The molecule has 0 fully saturated rings. The molecule has 0 saturated carbocycles. The van der Waals surface area contributed by atoms with Crippen LogP contribution in [0.4, 0.5) is 8.78 Å². The van der Waals surface area contributed by atoms with Crippen LogP contribution >= 0.6 is 11.6 Å².